The topological polar surface area (TPSA) is 40.9 Å². The molecular formula is C9H8NO-. The Morgan fingerprint density at radius 2 is 1.73 bits per heavy atom. The van der Waals surface area contributed by atoms with Crippen molar-refractivity contribution in [3.8, 4) is 0 Å². The van der Waals surface area contributed by atoms with Gasteiger partial charge in [0.1, 0.15) is 0 Å². The molecule has 1 rings (SSSR count). The van der Waals surface area contributed by atoms with E-state index in [1.807, 2.05) is 30.3 Å². The highest BCUT2D eigenvalue weighted by Gasteiger charge is 1.92. The Morgan fingerprint density at radius 1 is 1.27 bits per heavy atom. The maximum Gasteiger partial charge on any atom is 0.159 e. The van der Waals surface area contributed by atoms with Crippen LogP contribution in [-0.4, -0.2) is 5.78 Å². The van der Waals surface area contributed by atoms with Crippen LogP contribution in [0.4, 0.5) is 0 Å². The molecule has 0 N–H and O–H groups in total. The first-order valence-electron chi connectivity index (χ1n) is 3.09. The predicted molar refractivity (Wildman–Crippen MR) is 41.4 cm³/mol. The van der Waals surface area contributed by atoms with Crippen LogP contribution in [0.5, 0.6) is 0 Å². The van der Waals surface area contributed by atoms with Gasteiger partial charge >= 0.3 is 0 Å². The zero-order valence-electron chi connectivity index (χ0n) is 6.24. The number of benzene rings is 1. The van der Waals surface area contributed by atoms with E-state index >= 15 is 0 Å². The van der Waals surface area contributed by atoms with Crippen LogP contribution in [0.15, 0.2) is 30.3 Å². The first-order valence-corrected chi connectivity index (χ1v) is 3.09. The third kappa shape index (κ3) is 3.17. The van der Waals surface area contributed by atoms with Crippen LogP contribution in [0, 0.1) is 11.8 Å². The van der Waals surface area contributed by atoms with Crippen molar-refractivity contribution in [1.29, 1.82) is 5.26 Å². The Balaban J connectivity index is 0.000000461. The minimum atomic E-state index is 0.121. The molecule has 56 valence electrons. The Kier molecular flexibility index (Phi) is 4.42. The fourth-order valence-corrected chi connectivity index (χ4v) is 0.673. The van der Waals surface area contributed by atoms with E-state index in [0.717, 1.165) is 5.56 Å². The second-order valence-electron chi connectivity index (χ2n) is 1.92. The van der Waals surface area contributed by atoms with Crippen molar-refractivity contribution in [3.05, 3.63) is 42.5 Å². The number of hydrogen-bond donors (Lipinski definition) is 0. The molecule has 0 aromatic heterocycles. The van der Waals surface area contributed by atoms with E-state index in [-0.39, 0.29) is 5.78 Å². The quantitative estimate of drug-likeness (QED) is 0.449. The third-order valence-electron chi connectivity index (χ3n) is 1.18. The molecule has 0 aliphatic rings. The Morgan fingerprint density at radius 3 is 2.00 bits per heavy atom. The lowest BCUT2D eigenvalue weighted by molar-refractivity contribution is 0.101. The van der Waals surface area contributed by atoms with E-state index in [2.05, 4.69) is 0 Å². The molecule has 2 nitrogen and oxygen atoms in total. The van der Waals surface area contributed by atoms with E-state index in [1.54, 1.807) is 6.92 Å². The van der Waals surface area contributed by atoms with Gasteiger partial charge in [-0.3, -0.25) is 4.79 Å². The second kappa shape index (κ2) is 5.19. The molecule has 0 spiro atoms. The fourth-order valence-electron chi connectivity index (χ4n) is 0.673. The van der Waals surface area contributed by atoms with Gasteiger partial charge in [-0.2, -0.15) is 0 Å². The Bertz CT molecular complexity index is 238. The van der Waals surface area contributed by atoms with Crippen molar-refractivity contribution in [2.75, 3.05) is 0 Å². The van der Waals surface area contributed by atoms with Crippen molar-refractivity contribution in [1.82, 2.24) is 0 Å². The number of rotatable bonds is 1. The Hall–Kier alpha value is -1.62. The zero-order valence-corrected chi connectivity index (χ0v) is 6.24. The summed E-state index contributed by atoms with van der Waals surface area (Å²) in [6, 6.07) is 9.23. The second-order valence-corrected chi connectivity index (χ2v) is 1.92. The molecule has 11 heavy (non-hydrogen) atoms. The maximum atomic E-state index is 10.6. The largest absolute Gasteiger partial charge is 0.512 e. The van der Waals surface area contributed by atoms with Gasteiger partial charge in [0, 0.05) is 5.56 Å². The van der Waals surface area contributed by atoms with Gasteiger partial charge in [-0.05, 0) is 6.92 Å². The molecular weight excluding hydrogens is 138 g/mol. The van der Waals surface area contributed by atoms with Gasteiger partial charge in [-0.1, -0.05) is 30.3 Å². The summed E-state index contributed by atoms with van der Waals surface area (Å²) >= 11 is 0. The number of Topliss-reactive ketones (excluding diaryl/α,β-unsaturated/α-hetero) is 1. The van der Waals surface area contributed by atoms with Crippen molar-refractivity contribution in [3.63, 3.8) is 0 Å². The van der Waals surface area contributed by atoms with E-state index in [9.17, 15) is 4.79 Å². The van der Waals surface area contributed by atoms with Crippen molar-refractivity contribution < 1.29 is 4.79 Å². The Labute approximate surface area is 66.1 Å². The van der Waals surface area contributed by atoms with Gasteiger partial charge in [-0.25, -0.2) is 0 Å². The van der Waals surface area contributed by atoms with Gasteiger partial charge in [0.05, 0.1) is 0 Å². The molecule has 0 aliphatic heterocycles. The van der Waals surface area contributed by atoms with Crippen molar-refractivity contribution >= 4 is 5.78 Å². The molecule has 0 amide bonds. The molecule has 0 atom stereocenters. The van der Waals surface area contributed by atoms with Crippen LogP contribution >= 0.6 is 0 Å². The number of nitrogens with zero attached hydrogens (tertiary/aromatic N) is 1. The summed E-state index contributed by atoms with van der Waals surface area (Å²) in [5, 5.41) is 6.25. The molecule has 2 heteroatoms. The monoisotopic (exact) mass is 146 g/mol. The first-order chi connectivity index (χ1) is 5.30. The number of carbonyl (C=O) groups excluding carboxylic acids is 1. The summed E-state index contributed by atoms with van der Waals surface area (Å²) in [5.41, 5.74) is 0.775. The normalized spacial score (nSPS) is 7.55. The highest BCUT2D eigenvalue weighted by Crippen LogP contribution is 1.97. The van der Waals surface area contributed by atoms with Gasteiger partial charge in [0.15, 0.2) is 5.78 Å². The van der Waals surface area contributed by atoms with Crippen molar-refractivity contribution in [2.24, 2.45) is 0 Å². The average Bonchev–Trinajstić information content (AvgIpc) is 2.10. The molecule has 1 aromatic carbocycles. The summed E-state index contributed by atoms with van der Waals surface area (Å²) in [6.45, 7) is 6.31. The molecule has 0 heterocycles. The van der Waals surface area contributed by atoms with Crippen LogP contribution in [0.3, 0.4) is 0 Å². The third-order valence-corrected chi connectivity index (χ3v) is 1.18. The minimum Gasteiger partial charge on any atom is -0.512 e. The smallest absolute Gasteiger partial charge is 0.159 e. The van der Waals surface area contributed by atoms with Crippen LogP contribution in [0.1, 0.15) is 17.3 Å². The predicted octanol–water partition coefficient (Wildman–Crippen LogP) is 1.99. The lowest BCUT2D eigenvalue weighted by atomic mass is 10.2. The summed E-state index contributed by atoms with van der Waals surface area (Å²) in [6.07, 6.45) is 0. The van der Waals surface area contributed by atoms with Gasteiger partial charge in [-0.15, -0.1) is 0 Å². The lowest BCUT2D eigenvalue weighted by Crippen LogP contribution is -1.88. The number of ketones is 1. The molecule has 0 radical (unpaired) electrons. The average molecular weight is 146 g/mol. The number of carbonyl (C=O) groups is 1. The summed E-state index contributed by atoms with van der Waals surface area (Å²) in [7, 11) is 0. The minimum absolute atomic E-state index is 0.121. The summed E-state index contributed by atoms with van der Waals surface area (Å²) < 4.78 is 0. The van der Waals surface area contributed by atoms with Crippen LogP contribution in [-0.2, 0) is 0 Å². The standard InChI is InChI=1S/C8H8O.CN/c1-7(9)8-5-3-2-4-6-8;1-2/h2-6H,1H3;/q;-1. The van der Waals surface area contributed by atoms with Crippen LogP contribution in [0.2, 0.25) is 0 Å². The van der Waals surface area contributed by atoms with Gasteiger partial charge in [0.2, 0.25) is 0 Å². The van der Waals surface area contributed by atoms with Crippen LogP contribution < -0.4 is 0 Å². The fraction of sp³-hybridized carbons (Fsp3) is 0.111. The van der Waals surface area contributed by atoms with E-state index in [0.29, 0.717) is 0 Å². The van der Waals surface area contributed by atoms with E-state index in [4.69, 9.17) is 11.8 Å². The molecule has 0 unspecified atom stereocenters. The van der Waals surface area contributed by atoms with Gasteiger partial charge in [0.25, 0.3) is 0 Å². The zero-order chi connectivity index (χ0) is 8.69. The van der Waals surface area contributed by atoms with Crippen molar-refractivity contribution in [2.45, 2.75) is 6.92 Å². The highest BCUT2D eigenvalue weighted by atomic mass is 16.1. The van der Waals surface area contributed by atoms with E-state index in [1.165, 1.54) is 0 Å². The number of hydrogen-bond acceptors (Lipinski definition) is 2. The maximum absolute atomic E-state index is 10.6. The van der Waals surface area contributed by atoms with Gasteiger partial charge < -0.3 is 11.8 Å². The molecule has 0 fully saturated rings. The first kappa shape index (κ1) is 9.38. The summed E-state index contributed by atoms with van der Waals surface area (Å²) in [5.74, 6) is 0.121. The van der Waals surface area contributed by atoms with E-state index < -0.39 is 0 Å². The lowest BCUT2D eigenvalue weighted by Gasteiger charge is -1.89. The molecule has 0 bridgehead atoms. The molecule has 0 saturated heterocycles. The molecule has 0 saturated carbocycles. The molecule has 1 aromatic rings. The van der Waals surface area contributed by atoms with Crippen LogP contribution in [0.25, 0.3) is 0 Å². The highest BCUT2D eigenvalue weighted by molar-refractivity contribution is 5.93. The molecule has 0 aliphatic carbocycles. The summed E-state index contributed by atoms with van der Waals surface area (Å²) in [4.78, 5) is 10.6. The SMILES string of the molecule is CC(=O)c1ccccc1.[C-]#N.